The summed E-state index contributed by atoms with van der Waals surface area (Å²) >= 11 is 3.06. The van der Waals surface area contributed by atoms with Crippen molar-refractivity contribution in [2.75, 3.05) is 5.84 Å². The van der Waals surface area contributed by atoms with E-state index in [9.17, 15) is 0 Å². The highest BCUT2D eigenvalue weighted by Crippen LogP contribution is 2.26. The summed E-state index contributed by atoms with van der Waals surface area (Å²) in [6, 6.07) is 3.93. The molecule has 2 N–H and O–H groups in total. The van der Waals surface area contributed by atoms with Crippen LogP contribution in [0.3, 0.4) is 0 Å². The Morgan fingerprint density at radius 2 is 2.23 bits per heavy atom. The molecule has 0 radical (unpaired) electrons. The monoisotopic (exact) mass is 336 g/mol. The van der Waals surface area contributed by atoms with Gasteiger partial charge in [0.05, 0.1) is 10.6 Å². The van der Waals surface area contributed by atoms with Gasteiger partial charge in [0.25, 0.3) is 0 Å². The normalized spacial score (nSPS) is 11.1. The lowest BCUT2D eigenvalue weighted by Gasteiger charge is -2.04. The molecule has 3 aromatic rings. The van der Waals surface area contributed by atoms with Gasteiger partial charge in [-0.3, -0.25) is 0 Å². The zero-order valence-electron chi connectivity index (χ0n) is 12.1. The average molecular weight is 336 g/mol. The number of hydrogen-bond acceptors (Lipinski definition) is 8. The third-order valence-electron chi connectivity index (χ3n) is 3.07. The molecule has 0 aliphatic heterocycles. The standard InChI is InChI=1S/C12H16N8S2/c1-2-3-6-19-10(14-17-18-19)8-22-12-16-15-11(20(12)13)9-5-4-7-21-9/h4-5,7H,2-3,6,8,13H2,1H3. The highest BCUT2D eigenvalue weighted by molar-refractivity contribution is 7.98. The van der Waals surface area contributed by atoms with Crippen molar-refractivity contribution in [3.05, 3.63) is 23.3 Å². The van der Waals surface area contributed by atoms with E-state index in [1.165, 1.54) is 16.4 Å². The van der Waals surface area contributed by atoms with Gasteiger partial charge in [-0.1, -0.05) is 31.2 Å². The van der Waals surface area contributed by atoms with Gasteiger partial charge in [-0.2, -0.15) is 0 Å². The summed E-state index contributed by atoms with van der Waals surface area (Å²) in [5.74, 6) is 8.17. The van der Waals surface area contributed by atoms with Gasteiger partial charge in [0.15, 0.2) is 11.6 Å². The molecular formula is C12H16N8S2. The van der Waals surface area contributed by atoms with Crippen LogP contribution in [0.4, 0.5) is 0 Å². The lowest BCUT2D eigenvalue weighted by Crippen LogP contribution is -2.11. The van der Waals surface area contributed by atoms with Gasteiger partial charge < -0.3 is 5.84 Å². The quantitative estimate of drug-likeness (QED) is 0.518. The summed E-state index contributed by atoms with van der Waals surface area (Å²) in [6.07, 6.45) is 2.16. The van der Waals surface area contributed by atoms with Gasteiger partial charge >= 0.3 is 0 Å². The molecule has 0 unspecified atom stereocenters. The summed E-state index contributed by atoms with van der Waals surface area (Å²) in [6.45, 7) is 2.97. The van der Waals surface area contributed by atoms with Crippen molar-refractivity contribution in [2.24, 2.45) is 0 Å². The number of tetrazole rings is 1. The minimum Gasteiger partial charge on any atom is -0.335 e. The molecular weight excluding hydrogens is 320 g/mol. The Bertz CT molecular complexity index is 717. The molecule has 0 aliphatic carbocycles. The number of nitrogens with two attached hydrogens (primary N) is 1. The molecule has 0 saturated carbocycles. The van der Waals surface area contributed by atoms with Crippen molar-refractivity contribution in [3.8, 4) is 10.7 Å². The number of nitrogen functional groups attached to an aromatic ring is 1. The van der Waals surface area contributed by atoms with Gasteiger partial charge in [0.1, 0.15) is 0 Å². The largest absolute Gasteiger partial charge is 0.335 e. The first-order valence-corrected chi connectivity index (χ1v) is 8.78. The molecule has 3 heterocycles. The molecule has 0 aliphatic rings. The van der Waals surface area contributed by atoms with E-state index in [1.54, 1.807) is 11.3 Å². The van der Waals surface area contributed by atoms with E-state index in [-0.39, 0.29) is 0 Å². The Hall–Kier alpha value is -1.94. The van der Waals surface area contributed by atoms with Crippen LogP contribution in [0.2, 0.25) is 0 Å². The minimum atomic E-state index is 0.608. The second kappa shape index (κ2) is 6.88. The van der Waals surface area contributed by atoms with Crippen molar-refractivity contribution in [1.29, 1.82) is 0 Å². The predicted molar refractivity (Wildman–Crippen MR) is 85.8 cm³/mol. The summed E-state index contributed by atoms with van der Waals surface area (Å²) in [4.78, 5) is 0.995. The number of unbranched alkanes of at least 4 members (excludes halogenated alkanes) is 1. The highest BCUT2D eigenvalue weighted by atomic mass is 32.2. The maximum absolute atomic E-state index is 6.07. The van der Waals surface area contributed by atoms with E-state index >= 15 is 0 Å². The third-order valence-corrected chi connectivity index (χ3v) is 4.87. The molecule has 116 valence electrons. The van der Waals surface area contributed by atoms with Crippen LogP contribution in [0, 0.1) is 0 Å². The number of thiophene rings is 1. The first-order valence-electron chi connectivity index (χ1n) is 6.91. The van der Waals surface area contributed by atoms with Crippen LogP contribution in [-0.4, -0.2) is 35.1 Å². The summed E-state index contributed by atoms with van der Waals surface area (Å²) in [5, 5.41) is 22.7. The van der Waals surface area contributed by atoms with Gasteiger partial charge in [-0.25, -0.2) is 9.36 Å². The van der Waals surface area contributed by atoms with E-state index in [0.29, 0.717) is 16.7 Å². The average Bonchev–Trinajstić information content (AvgIpc) is 3.24. The van der Waals surface area contributed by atoms with Crippen molar-refractivity contribution in [1.82, 2.24) is 35.1 Å². The fraction of sp³-hybridized carbons (Fsp3) is 0.417. The van der Waals surface area contributed by atoms with E-state index in [1.807, 2.05) is 22.2 Å². The van der Waals surface area contributed by atoms with Crippen LogP contribution in [0.1, 0.15) is 25.6 Å². The molecule has 3 rings (SSSR count). The van der Waals surface area contributed by atoms with E-state index < -0.39 is 0 Å². The smallest absolute Gasteiger partial charge is 0.210 e. The Kier molecular flexibility index (Phi) is 4.68. The highest BCUT2D eigenvalue weighted by Gasteiger charge is 2.14. The molecule has 0 spiro atoms. The Labute approximate surface area is 135 Å². The molecule has 22 heavy (non-hydrogen) atoms. The Morgan fingerprint density at radius 3 is 3.00 bits per heavy atom. The molecule has 0 atom stereocenters. The number of rotatable bonds is 7. The number of aromatic nitrogens is 7. The first kappa shape index (κ1) is 15.0. The van der Waals surface area contributed by atoms with Crippen LogP contribution in [0.5, 0.6) is 0 Å². The van der Waals surface area contributed by atoms with Crippen molar-refractivity contribution in [3.63, 3.8) is 0 Å². The summed E-state index contributed by atoms with van der Waals surface area (Å²) < 4.78 is 3.34. The summed E-state index contributed by atoms with van der Waals surface area (Å²) in [5.41, 5.74) is 0. The maximum Gasteiger partial charge on any atom is 0.210 e. The maximum atomic E-state index is 6.07. The Morgan fingerprint density at radius 1 is 1.32 bits per heavy atom. The topological polar surface area (TPSA) is 100 Å². The fourth-order valence-electron chi connectivity index (χ4n) is 1.89. The zero-order valence-corrected chi connectivity index (χ0v) is 13.7. The van der Waals surface area contributed by atoms with Crippen molar-refractivity contribution >= 4 is 23.1 Å². The van der Waals surface area contributed by atoms with Crippen LogP contribution in [0.25, 0.3) is 10.7 Å². The molecule has 0 aromatic carbocycles. The van der Waals surface area contributed by atoms with Gasteiger partial charge in [-0.15, -0.1) is 26.6 Å². The van der Waals surface area contributed by atoms with Gasteiger partial charge in [0, 0.05) is 6.54 Å². The third kappa shape index (κ3) is 3.12. The second-order valence-electron chi connectivity index (χ2n) is 4.61. The molecule has 10 heteroatoms. The molecule has 8 nitrogen and oxygen atoms in total. The lowest BCUT2D eigenvalue weighted by atomic mass is 10.3. The SMILES string of the molecule is CCCCn1nnnc1CSc1nnc(-c2cccs2)n1N. The molecule has 0 bridgehead atoms. The van der Waals surface area contributed by atoms with Crippen molar-refractivity contribution in [2.45, 2.75) is 37.2 Å². The minimum absolute atomic E-state index is 0.608. The van der Waals surface area contributed by atoms with Crippen LogP contribution >= 0.6 is 23.1 Å². The van der Waals surface area contributed by atoms with Crippen LogP contribution in [-0.2, 0) is 12.3 Å². The lowest BCUT2D eigenvalue weighted by molar-refractivity contribution is 0.540. The van der Waals surface area contributed by atoms with E-state index in [4.69, 9.17) is 5.84 Å². The fourth-order valence-corrected chi connectivity index (χ4v) is 3.38. The zero-order chi connectivity index (χ0) is 15.4. The van der Waals surface area contributed by atoms with Gasteiger partial charge in [-0.05, 0) is 28.3 Å². The summed E-state index contributed by atoms with van der Waals surface area (Å²) in [7, 11) is 0. The number of aryl methyl sites for hydroxylation is 1. The van der Waals surface area contributed by atoms with Crippen LogP contribution in [0.15, 0.2) is 22.7 Å². The van der Waals surface area contributed by atoms with E-state index in [2.05, 4.69) is 32.6 Å². The first-order chi connectivity index (χ1) is 10.8. The number of nitrogens with zero attached hydrogens (tertiary/aromatic N) is 7. The number of hydrogen-bond donors (Lipinski definition) is 1. The molecule has 0 saturated heterocycles. The Balaban J connectivity index is 1.69. The number of thioether (sulfide) groups is 1. The molecule has 0 amide bonds. The predicted octanol–water partition coefficient (Wildman–Crippen LogP) is 1.80. The van der Waals surface area contributed by atoms with E-state index in [0.717, 1.165) is 30.1 Å². The van der Waals surface area contributed by atoms with Gasteiger partial charge in [0.2, 0.25) is 5.16 Å². The molecule has 0 fully saturated rings. The second-order valence-corrected chi connectivity index (χ2v) is 6.50. The van der Waals surface area contributed by atoms with Crippen molar-refractivity contribution < 1.29 is 0 Å². The van der Waals surface area contributed by atoms with Crippen LogP contribution < -0.4 is 5.84 Å². The molecule has 3 aromatic heterocycles.